The second-order valence-electron chi connectivity index (χ2n) is 3.72. The maximum atomic E-state index is 10.9. The van der Waals surface area contributed by atoms with Crippen molar-refractivity contribution in [3.63, 3.8) is 0 Å². The molecule has 0 aliphatic rings. The number of hydrogen-bond acceptors (Lipinski definition) is 2. The second kappa shape index (κ2) is 3.80. The van der Waals surface area contributed by atoms with Crippen LogP contribution in [0, 0.1) is 0 Å². The molecule has 0 unspecified atom stereocenters. The average molecular weight is 193 g/mol. The van der Waals surface area contributed by atoms with Crippen LogP contribution < -0.4 is 5.73 Å². The van der Waals surface area contributed by atoms with Gasteiger partial charge in [-0.2, -0.15) is 0 Å². The Labute approximate surface area is 83.6 Å². The first kappa shape index (κ1) is 10.7. The predicted octanol–water partition coefficient (Wildman–Crippen LogP) is 1.59. The zero-order chi connectivity index (χ0) is 10.8. The minimum atomic E-state index is -1.22. The van der Waals surface area contributed by atoms with Crippen LogP contribution >= 0.6 is 0 Å². The molecule has 0 heterocycles. The minimum Gasteiger partial charge on any atom is -0.480 e. The van der Waals surface area contributed by atoms with E-state index in [2.05, 4.69) is 0 Å². The van der Waals surface area contributed by atoms with Crippen LogP contribution in [0.1, 0.15) is 25.3 Å². The van der Waals surface area contributed by atoms with Gasteiger partial charge >= 0.3 is 5.97 Å². The summed E-state index contributed by atoms with van der Waals surface area (Å²) in [7, 11) is 0. The minimum absolute atomic E-state index is 0.207. The van der Waals surface area contributed by atoms with Gasteiger partial charge in [0.25, 0.3) is 0 Å². The summed E-state index contributed by atoms with van der Waals surface area (Å²) in [5.74, 6) is -1.19. The third-order valence-electron chi connectivity index (χ3n) is 2.66. The largest absolute Gasteiger partial charge is 0.480 e. The molecule has 0 aliphatic carbocycles. The molecule has 3 nitrogen and oxygen atoms in total. The zero-order valence-corrected chi connectivity index (χ0v) is 8.40. The Morgan fingerprint density at radius 3 is 2.36 bits per heavy atom. The summed E-state index contributed by atoms with van der Waals surface area (Å²) in [6, 6.07) is 9.43. The summed E-state index contributed by atoms with van der Waals surface area (Å²) >= 11 is 0. The summed E-state index contributed by atoms with van der Waals surface area (Å²) in [5, 5.41) is 8.95. The van der Waals surface area contributed by atoms with Crippen molar-refractivity contribution in [1.82, 2.24) is 0 Å². The van der Waals surface area contributed by atoms with Crippen LogP contribution in [0.25, 0.3) is 0 Å². The zero-order valence-electron chi connectivity index (χ0n) is 8.40. The standard InChI is InChI=1S/C11H15NO2/c1-8(11(2,12)10(13)14)9-6-4-3-5-7-9/h3-8H,12H2,1-2H3,(H,13,14)/t8-,11-/m1/s1. The normalized spacial score (nSPS) is 17.1. The molecule has 14 heavy (non-hydrogen) atoms. The lowest BCUT2D eigenvalue weighted by molar-refractivity contribution is -0.143. The topological polar surface area (TPSA) is 63.3 Å². The van der Waals surface area contributed by atoms with Crippen LogP contribution in [0.5, 0.6) is 0 Å². The predicted molar refractivity (Wildman–Crippen MR) is 55.1 cm³/mol. The first-order valence-corrected chi connectivity index (χ1v) is 4.53. The van der Waals surface area contributed by atoms with Gasteiger partial charge < -0.3 is 10.8 Å². The summed E-state index contributed by atoms with van der Waals surface area (Å²) in [6.45, 7) is 3.36. The molecule has 3 N–H and O–H groups in total. The van der Waals surface area contributed by atoms with Crippen LogP contribution in [-0.2, 0) is 4.79 Å². The molecule has 0 spiro atoms. The molecule has 2 atom stereocenters. The molecule has 0 amide bonds. The van der Waals surface area contributed by atoms with Crippen molar-refractivity contribution in [2.45, 2.75) is 25.3 Å². The molecule has 76 valence electrons. The van der Waals surface area contributed by atoms with E-state index < -0.39 is 11.5 Å². The molecule has 0 aromatic heterocycles. The van der Waals surface area contributed by atoms with Crippen molar-refractivity contribution in [2.24, 2.45) is 5.73 Å². The van der Waals surface area contributed by atoms with E-state index in [-0.39, 0.29) is 5.92 Å². The van der Waals surface area contributed by atoms with Crippen molar-refractivity contribution in [3.05, 3.63) is 35.9 Å². The Bertz CT molecular complexity index is 319. The van der Waals surface area contributed by atoms with Gasteiger partial charge in [-0.25, -0.2) is 0 Å². The number of carbonyl (C=O) groups is 1. The van der Waals surface area contributed by atoms with Gasteiger partial charge in [0, 0.05) is 5.92 Å². The Hall–Kier alpha value is -1.35. The second-order valence-corrected chi connectivity index (χ2v) is 3.72. The highest BCUT2D eigenvalue weighted by molar-refractivity contribution is 5.79. The number of benzene rings is 1. The highest BCUT2D eigenvalue weighted by atomic mass is 16.4. The van der Waals surface area contributed by atoms with E-state index in [0.29, 0.717) is 0 Å². The number of carboxylic acids is 1. The van der Waals surface area contributed by atoms with Crippen LogP contribution in [-0.4, -0.2) is 16.6 Å². The van der Waals surface area contributed by atoms with Crippen LogP contribution in [0.4, 0.5) is 0 Å². The van der Waals surface area contributed by atoms with Crippen molar-refractivity contribution in [1.29, 1.82) is 0 Å². The van der Waals surface area contributed by atoms with Crippen molar-refractivity contribution in [3.8, 4) is 0 Å². The van der Waals surface area contributed by atoms with E-state index in [1.165, 1.54) is 6.92 Å². The van der Waals surface area contributed by atoms with E-state index in [4.69, 9.17) is 10.8 Å². The van der Waals surface area contributed by atoms with E-state index in [9.17, 15) is 4.79 Å². The van der Waals surface area contributed by atoms with Gasteiger partial charge in [-0.3, -0.25) is 4.79 Å². The molecular formula is C11H15NO2. The molecule has 0 fully saturated rings. The van der Waals surface area contributed by atoms with Gasteiger partial charge in [0.2, 0.25) is 0 Å². The smallest absolute Gasteiger partial charge is 0.324 e. The first-order chi connectivity index (χ1) is 6.46. The Balaban J connectivity index is 2.96. The molecule has 3 heteroatoms. The lowest BCUT2D eigenvalue weighted by Crippen LogP contribution is -2.49. The summed E-state index contributed by atoms with van der Waals surface area (Å²) in [4.78, 5) is 10.9. The third-order valence-corrected chi connectivity index (χ3v) is 2.66. The number of hydrogen-bond donors (Lipinski definition) is 2. The molecule has 0 bridgehead atoms. The highest BCUT2D eigenvalue weighted by Crippen LogP contribution is 2.25. The SMILES string of the molecule is C[C@H](c1ccccc1)[C@@](C)(N)C(=O)O. The van der Waals surface area contributed by atoms with E-state index >= 15 is 0 Å². The summed E-state index contributed by atoms with van der Waals surface area (Å²) < 4.78 is 0. The molecular weight excluding hydrogens is 178 g/mol. The molecule has 0 aliphatic heterocycles. The van der Waals surface area contributed by atoms with E-state index in [0.717, 1.165) is 5.56 Å². The van der Waals surface area contributed by atoms with Gasteiger partial charge in [-0.15, -0.1) is 0 Å². The quantitative estimate of drug-likeness (QED) is 0.766. The maximum absolute atomic E-state index is 10.9. The third kappa shape index (κ3) is 1.93. The van der Waals surface area contributed by atoms with Crippen LogP contribution in [0.3, 0.4) is 0 Å². The molecule has 1 aromatic carbocycles. The average Bonchev–Trinajstić information content (AvgIpc) is 2.17. The van der Waals surface area contributed by atoms with Crippen LogP contribution in [0.15, 0.2) is 30.3 Å². The fraction of sp³-hybridized carbons (Fsp3) is 0.364. The van der Waals surface area contributed by atoms with E-state index in [1.807, 2.05) is 37.3 Å². The van der Waals surface area contributed by atoms with Gasteiger partial charge in [0.15, 0.2) is 0 Å². The lowest BCUT2D eigenvalue weighted by Gasteiger charge is -2.27. The van der Waals surface area contributed by atoms with Crippen LogP contribution in [0.2, 0.25) is 0 Å². The fourth-order valence-corrected chi connectivity index (χ4v) is 1.27. The van der Waals surface area contributed by atoms with Gasteiger partial charge in [0.05, 0.1) is 0 Å². The van der Waals surface area contributed by atoms with Crippen molar-refractivity contribution >= 4 is 5.97 Å². The number of carboxylic acid groups (broad SMARTS) is 1. The van der Waals surface area contributed by atoms with Crippen molar-refractivity contribution < 1.29 is 9.90 Å². The van der Waals surface area contributed by atoms with Gasteiger partial charge in [0.1, 0.15) is 5.54 Å². The summed E-state index contributed by atoms with van der Waals surface area (Å²) in [5.41, 5.74) is 5.46. The molecule has 0 saturated carbocycles. The number of rotatable bonds is 3. The number of aliphatic carboxylic acids is 1. The monoisotopic (exact) mass is 193 g/mol. The Morgan fingerprint density at radius 1 is 1.43 bits per heavy atom. The molecule has 1 aromatic rings. The highest BCUT2D eigenvalue weighted by Gasteiger charge is 2.35. The molecule has 1 rings (SSSR count). The number of nitrogens with two attached hydrogens (primary N) is 1. The van der Waals surface area contributed by atoms with Crippen molar-refractivity contribution in [2.75, 3.05) is 0 Å². The van der Waals surface area contributed by atoms with Gasteiger partial charge in [-0.05, 0) is 12.5 Å². The first-order valence-electron chi connectivity index (χ1n) is 4.53. The fourth-order valence-electron chi connectivity index (χ4n) is 1.27. The molecule has 0 radical (unpaired) electrons. The van der Waals surface area contributed by atoms with E-state index in [1.54, 1.807) is 0 Å². The molecule has 0 saturated heterocycles. The lowest BCUT2D eigenvalue weighted by atomic mass is 9.83. The van der Waals surface area contributed by atoms with Gasteiger partial charge in [-0.1, -0.05) is 37.3 Å². The maximum Gasteiger partial charge on any atom is 0.324 e. The summed E-state index contributed by atoms with van der Waals surface area (Å²) in [6.07, 6.45) is 0. The Kier molecular flexibility index (Phi) is 2.91. The Morgan fingerprint density at radius 2 is 1.93 bits per heavy atom.